The molecule has 0 bridgehead atoms. The molecule has 33 heavy (non-hydrogen) atoms. The molecular formula is C24H28N4O4S. The Balaban J connectivity index is 1.59. The number of carbonyl (C=O) groups excluding carboxylic acids is 1. The second-order valence-corrected chi connectivity index (χ2v) is 10.7. The third-order valence-electron chi connectivity index (χ3n) is 6.61. The summed E-state index contributed by atoms with van der Waals surface area (Å²) in [6, 6.07) is 6.80. The first-order chi connectivity index (χ1) is 15.7. The molecule has 1 N–H and O–H groups in total. The van der Waals surface area contributed by atoms with Crippen LogP contribution >= 0.6 is 11.3 Å². The van der Waals surface area contributed by atoms with Gasteiger partial charge in [0.05, 0.1) is 23.7 Å². The van der Waals surface area contributed by atoms with Crippen LogP contribution < -0.4 is 10.2 Å². The highest BCUT2D eigenvalue weighted by molar-refractivity contribution is 7.16. The lowest BCUT2D eigenvalue weighted by Gasteiger charge is -2.33. The molecule has 8 nitrogen and oxygen atoms in total. The molecule has 1 saturated heterocycles. The summed E-state index contributed by atoms with van der Waals surface area (Å²) in [4.78, 5) is 27.3. The first kappa shape index (κ1) is 23.2. The Morgan fingerprint density at radius 3 is 2.70 bits per heavy atom. The lowest BCUT2D eigenvalue weighted by Crippen LogP contribution is -2.36. The Hall–Kier alpha value is -2.96. The summed E-state index contributed by atoms with van der Waals surface area (Å²) in [5, 5.41) is 24.9. The minimum Gasteiger partial charge on any atom is -0.378 e. The lowest BCUT2D eigenvalue weighted by molar-refractivity contribution is -0.384. The zero-order valence-electron chi connectivity index (χ0n) is 19.1. The first-order valence-corrected chi connectivity index (χ1v) is 12.0. The van der Waals surface area contributed by atoms with E-state index in [1.807, 2.05) is 4.90 Å². The molecule has 2 heterocycles. The number of morpholine rings is 1. The number of hydrogen-bond acceptors (Lipinski definition) is 7. The number of rotatable bonds is 4. The van der Waals surface area contributed by atoms with Crippen LogP contribution in [-0.4, -0.2) is 37.1 Å². The zero-order valence-corrected chi connectivity index (χ0v) is 20.0. The highest BCUT2D eigenvalue weighted by Gasteiger charge is 2.32. The van der Waals surface area contributed by atoms with Gasteiger partial charge in [-0.1, -0.05) is 20.8 Å². The van der Waals surface area contributed by atoms with Crippen LogP contribution in [0.3, 0.4) is 0 Å². The molecule has 1 aliphatic carbocycles. The van der Waals surface area contributed by atoms with Crippen molar-refractivity contribution in [3.05, 3.63) is 49.9 Å². The van der Waals surface area contributed by atoms with Crippen molar-refractivity contribution in [1.82, 2.24) is 0 Å². The summed E-state index contributed by atoms with van der Waals surface area (Å²) in [5.74, 6) is 0.0724. The third kappa shape index (κ3) is 4.72. The quantitative estimate of drug-likeness (QED) is 0.511. The van der Waals surface area contributed by atoms with Crippen molar-refractivity contribution < 1.29 is 14.5 Å². The predicted molar refractivity (Wildman–Crippen MR) is 128 cm³/mol. The molecule has 1 aromatic heterocycles. The number of nitro groups is 1. The van der Waals surface area contributed by atoms with E-state index >= 15 is 0 Å². The van der Waals surface area contributed by atoms with Gasteiger partial charge >= 0.3 is 0 Å². The molecular weight excluding hydrogens is 440 g/mol. The van der Waals surface area contributed by atoms with Gasteiger partial charge < -0.3 is 15.0 Å². The van der Waals surface area contributed by atoms with Crippen LogP contribution in [-0.2, 0) is 17.6 Å². The van der Waals surface area contributed by atoms with Crippen molar-refractivity contribution in [3.8, 4) is 6.07 Å². The standard InChI is InChI=1S/C24H28N4O4S/c1-24(2,3)16-5-6-17-18(14-25)23(33-21(17)13-16)26-22(29)15-4-7-19(20(12-15)28(30)31)27-8-10-32-11-9-27/h4,7,12,16H,5-6,8-11,13H2,1-3H3,(H,26,29)/t16-/m1/s1. The summed E-state index contributed by atoms with van der Waals surface area (Å²) in [6.45, 7) is 8.85. The minimum absolute atomic E-state index is 0.108. The molecule has 1 aliphatic heterocycles. The number of fused-ring (bicyclic) bond motifs is 1. The van der Waals surface area contributed by atoms with Crippen LogP contribution in [0.2, 0.25) is 0 Å². The number of nitrogens with one attached hydrogen (secondary N) is 1. The summed E-state index contributed by atoms with van der Waals surface area (Å²) < 4.78 is 5.33. The maximum absolute atomic E-state index is 13.0. The monoisotopic (exact) mass is 468 g/mol. The summed E-state index contributed by atoms with van der Waals surface area (Å²) in [6.07, 6.45) is 2.74. The van der Waals surface area contributed by atoms with Gasteiger partial charge in [0.25, 0.3) is 11.6 Å². The van der Waals surface area contributed by atoms with E-state index in [0.717, 1.165) is 29.7 Å². The Morgan fingerprint density at radius 2 is 2.06 bits per heavy atom. The minimum atomic E-state index is -0.460. The molecule has 0 spiro atoms. The smallest absolute Gasteiger partial charge is 0.293 e. The fraction of sp³-hybridized carbons (Fsp3) is 0.500. The van der Waals surface area contributed by atoms with E-state index in [2.05, 4.69) is 32.2 Å². The Morgan fingerprint density at radius 1 is 1.33 bits per heavy atom. The van der Waals surface area contributed by atoms with Crippen LogP contribution in [0.5, 0.6) is 0 Å². The van der Waals surface area contributed by atoms with E-state index < -0.39 is 10.8 Å². The Labute approximate surface area is 197 Å². The average molecular weight is 469 g/mol. The molecule has 2 aliphatic rings. The van der Waals surface area contributed by atoms with Gasteiger partial charge in [-0.2, -0.15) is 5.26 Å². The van der Waals surface area contributed by atoms with E-state index in [4.69, 9.17) is 4.74 Å². The van der Waals surface area contributed by atoms with Crippen LogP contribution in [0.1, 0.15) is 53.6 Å². The van der Waals surface area contributed by atoms with E-state index in [9.17, 15) is 20.2 Å². The Bertz CT molecular complexity index is 1120. The van der Waals surface area contributed by atoms with Crippen LogP contribution in [0, 0.1) is 32.8 Å². The van der Waals surface area contributed by atoms with Gasteiger partial charge in [-0.05, 0) is 48.3 Å². The van der Waals surface area contributed by atoms with E-state index in [-0.39, 0.29) is 16.7 Å². The van der Waals surface area contributed by atoms with E-state index in [0.29, 0.717) is 48.5 Å². The van der Waals surface area contributed by atoms with Gasteiger partial charge in [0.15, 0.2) is 0 Å². The number of benzene rings is 1. The van der Waals surface area contributed by atoms with Crippen LogP contribution in [0.15, 0.2) is 18.2 Å². The fourth-order valence-electron chi connectivity index (χ4n) is 4.59. The van der Waals surface area contributed by atoms with Crippen molar-refractivity contribution in [2.45, 2.75) is 40.0 Å². The number of nitrogens with zero attached hydrogens (tertiary/aromatic N) is 3. The summed E-state index contributed by atoms with van der Waals surface area (Å²) in [7, 11) is 0. The highest BCUT2D eigenvalue weighted by atomic mass is 32.1. The zero-order chi connectivity index (χ0) is 23.8. The van der Waals surface area contributed by atoms with Gasteiger partial charge in [0.2, 0.25) is 0 Å². The molecule has 4 rings (SSSR count). The number of anilines is 2. The fourth-order valence-corrected chi connectivity index (χ4v) is 5.86. The second kappa shape index (κ2) is 9.12. The number of hydrogen-bond donors (Lipinski definition) is 1. The number of thiophene rings is 1. The number of carbonyl (C=O) groups is 1. The number of amides is 1. The largest absolute Gasteiger partial charge is 0.378 e. The Kier molecular flexibility index (Phi) is 6.41. The third-order valence-corrected chi connectivity index (χ3v) is 7.78. The number of nitriles is 1. The molecule has 1 fully saturated rings. The van der Waals surface area contributed by atoms with Crippen molar-refractivity contribution in [2.75, 3.05) is 36.5 Å². The van der Waals surface area contributed by atoms with Gasteiger partial charge in [0.1, 0.15) is 16.8 Å². The first-order valence-electron chi connectivity index (χ1n) is 11.2. The van der Waals surface area contributed by atoms with Crippen molar-refractivity contribution >= 4 is 33.6 Å². The van der Waals surface area contributed by atoms with Crippen molar-refractivity contribution in [2.24, 2.45) is 11.3 Å². The molecule has 0 unspecified atom stereocenters. The molecule has 1 aromatic carbocycles. The van der Waals surface area contributed by atoms with E-state index in [1.54, 1.807) is 12.1 Å². The van der Waals surface area contributed by atoms with Crippen LogP contribution in [0.4, 0.5) is 16.4 Å². The molecule has 174 valence electrons. The topological polar surface area (TPSA) is 108 Å². The SMILES string of the molecule is CC(C)(C)[C@@H]1CCc2c(sc(NC(=O)c3ccc(N4CCOCC4)c([N+](=O)[O-])c3)c2C#N)C1. The molecule has 2 aromatic rings. The van der Waals surface area contributed by atoms with Gasteiger partial charge in [-0.15, -0.1) is 11.3 Å². The highest BCUT2D eigenvalue weighted by Crippen LogP contribution is 2.44. The van der Waals surface area contributed by atoms with Crippen molar-refractivity contribution in [3.63, 3.8) is 0 Å². The maximum atomic E-state index is 13.0. The summed E-state index contributed by atoms with van der Waals surface area (Å²) >= 11 is 1.46. The molecule has 1 amide bonds. The molecule has 0 radical (unpaired) electrons. The summed E-state index contributed by atoms with van der Waals surface area (Å²) in [5.41, 5.74) is 2.31. The molecule has 1 atom stereocenters. The molecule has 0 saturated carbocycles. The van der Waals surface area contributed by atoms with Gasteiger partial charge in [-0.25, -0.2) is 0 Å². The second-order valence-electron chi connectivity index (χ2n) is 9.64. The van der Waals surface area contributed by atoms with Gasteiger partial charge in [-0.3, -0.25) is 14.9 Å². The normalized spacial score (nSPS) is 18.4. The predicted octanol–water partition coefficient (Wildman–Crippen LogP) is 4.77. The number of nitro benzene ring substituents is 1. The number of ether oxygens (including phenoxy) is 1. The van der Waals surface area contributed by atoms with Crippen molar-refractivity contribution in [1.29, 1.82) is 5.26 Å². The maximum Gasteiger partial charge on any atom is 0.293 e. The lowest BCUT2D eigenvalue weighted by atomic mass is 9.72. The molecule has 9 heteroatoms. The average Bonchev–Trinajstić information content (AvgIpc) is 3.14. The van der Waals surface area contributed by atoms with Crippen LogP contribution in [0.25, 0.3) is 0 Å². The van der Waals surface area contributed by atoms with Gasteiger partial charge in [0, 0.05) is 29.6 Å². The van der Waals surface area contributed by atoms with E-state index in [1.165, 1.54) is 17.4 Å².